The molecule has 0 atom stereocenters. The van der Waals surface area contributed by atoms with Crippen molar-refractivity contribution in [3.05, 3.63) is 38.3 Å². The Morgan fingerprint density at radius 1 is 1.50 bits per heavy atom. The summed E-state index contributed by atoms with van der Waals surface area (Å²) in [6, 6.07) is 4.77. The molecule has 0 amide bonds. The first-order valence-corrected chi connectivity index (χ1v) is 5.42. The van der Waals surface area contributed by atoms with Gasteiger partial charge < -0.3 is 0 Å². The van der Waals surface area contributed by atoms with Crippen LogP contribution in [-0.2, 0) is 10.3 Å². The molecule has 1 fully saturated rings. The van der Waals surface area contributed by atoms with E-state index in [1.165, 1.54) is 12.1 Å². The van der Waals surface area contributed by atoms with Crippen LogP contribution in [0.1, 0.15) is 18.4 Å². The smallest absolute Gasteiger partial charge is 0.258 e. The Hall–Kier alpha value is -1.52. The van der Waals surface area contributed by atoms with E-state index in [0.717, 1.165) is 0 Å². The van der Waals surface area contributed by atoms with Crippen LogP contribution in [0.5, 0.6) is 0 Å². The predicted molar refractivity (Wildman–Crippen MR) is 59.8 cm³/mol. The van der Waals surface area contributed by atoms with Gasteiger partial charge in [-0.05, 0) is 25.0 Å². The lowest BCUT2D eigenvalue weighted by Gasteiger charge is -2.08. The fraction of sp³-hybridized carbons (Fsp3) is 0.300. The van der Waals surface area contributed by atoms with Gasteiger partial charge in [0.25, 0.3) is 5.69 Å². The molecular formula is C10H7BrN2O3. The summed E-state index contributed by atoms with van der Waals surface area (Å²) in [6.45, 7) is 0. The average Bonchev–Trinajstić information content (AvgIpc) is 2.99. The van der Waals surface area contributed by atoms with Crippen molar-refractivity contribution < 1.29 is 9.72 Å². The van der Waals surface area contributed by atoms with Gasteiger partial charge in [-0.15, -0.1) is 0 Å². The van der Waals surface area contributed by atoms with Gasteiger partial charge in [0.05, 0.1) is 10.5 Å². The number of nitro benzene ring substituents is 1. The third-order valence-electron chi connectivity index (χ3n) is 2.64. The molecule has 16 heavy (non-hydrogen) atoms. The van der Waals surface area contributed by atoms with Gasteiger partial charge in [-0.25, -0.2) is 4.79 Å². The molecule has 0 unspecified atom stereocenters. The van der Waals surface area contributed by atoms with Crippen molar-refractivity contribution in [2.24, 2.45) is 4.99 Å². The Labute approximate surface area is 99.5 Å². The Balaban J connectivity index is 2.57. The first-order valence-electron chi connectivity index (χ1n) is 4.62. The number of carbonyl (C=O) groups excluding carboxylic acids is 1. The number of halogens is 1. The van der Waals surface area contributed by atoms with Crippen LogP contribution in [0.3, 0.4) is 0 Å². The van der Waals surface area contributed by atoms with Gasteiger partial charge in [0.2, 0.25) is 6.08 Å². The molecule has 1 saturated carbocycles. The summed E-state index contributed by atoms with van der Waals surface area (Å²) < 4.78 is 0.633. The quantitative estimate of drug-likeness (QED) is 0.370. The van der Waals surface area contributed by atoms with Gasteiger partial charge in [0, 0.05) is 10.5 Å². The zero-order valence-corrected chi connectivity index (χ0v) is 9.73. The minimum atomic E-state index is -0.704. The lowest BCUT2D eigenvalue weighted by atomic mass is 10.0. The number of hydrogen-bond acceptors (Lipinski definition) is 4. The summed E-state index contributed by atoms with van der Waals surface area (Å²) in [5.41, 5.74) is -0.222. The summed E-state index contributed by atoms with van der Waals surface area (Å²) in [6.07, 6.45) is 2.81. The number of hydrogen-bond donors (Lipinski definition) is 0. The van der Waals surface area contributed by atoms with Gasteiger partial charge in [-0.1, -0.05) is 15.9 Å². The van der Waals surface area contributed by atoms with E-state index in [0.29, 0.717) is 22.9 Å². The fourth-order valence-corrected chi connectivity index (χ4v) is 2.05. The van der Waals surface area contributed by atoms with E-state index < -0.39 is 10.5 Å². The molecule has 1 aromatic rings. The number of rotatable bonds is 3. The fourth-order valence-electron chi connectivity index (χ4n) is 1.70. The highest BCUT2D eigenvalue weighted by Crippen LogP contribution is 2.52. The van der Waals surface area contributed by atoms with Crippen LogP contribution in [0.25, 0.3) is 0 Å². The molecule has 0 bridgehead atoms. The third-order valence-corrected chi connectivity index (χ3v) is 3.13. The molecule has 5 nitrogen and oxygen atoms in total. The maximum Gasteiger partial charge on any atom is 0.276 e. The van der Waals surface area contributed by atoms with Crippen LogP contribution < -0.4 is 0 Å². The average molecular weight is 283 g/mol. The van der Waals surface area contributed by atoms with Crippen LogP contribution in [-0.4, -0.2) is 11.0 Å². The molecule has 0 aliphatic heterocycles. The lowest BCUT2D eigenvalue weighted by molar-refractivity contribution is -0.385. The van der Waals surface area contributed by atoms with E-state index in [9.17, 15) is 14.9 Å². The van der Waals surface area contributed by atoms with E-state index in [-0.39, 0.29) is 5.69 Å². The highest BCUT2D eigenvalue weighted by molar-refractivity contribution is 9.10. The summed E-state index contributed by atoms with van der Waals surface area (Å²) in [7, 11) is 0. The van der Waals surface area contributed by atoms with E-state index >= 15 is 0 Å². The lowest BCUT2D eigenvalue weighted by Crippen LogP contribution is -2.06. The van der Waals surface area contributed by atoms with E-state index in [1.54, 1.807) is 12.1 Å². The van der Waals surface area contributed by atoms with Crippen LogP contribution in [0.2, 0.25) is 0 Å². The highest BCUT2D eigenvalue weighted by atomic mass is 79.9. The van der Waals surface area contributed by atoms with E-state index in [1.807, 2.05) is 0 Å². The monoisotopic (exact) mass is 282 g/mol. The minimum absolute atomic E-state index is 0.00845. The molecule has 2 rings (SSSR count). The summed E-state index contributed by atoms with van der Waals surface area (Å²) in [4.78, 5) is 24.4. The Morgan fingerprint density at radius 3 is 2.69 bits per heavy atom. The Morgan fingerprint density at radius 2 is 2.19 bits per heavy atom. The van der Waals surface area contributed by atoms with Gasteiger partial charge in [0.15, 0.2) is 0 Å². The molecule has 0 heterocycles. The molecule has 0 aromatic heterocycles. The summed E-state index contributed by atoms with van der Waals surface area (Å²) >= 11 is 3.18. The molecule has 6 heteroatoms. The number of nitrogens with zero attached hydrogens (tertiary/aromatic N) is 2. The molecule has 0 radical (unpaired) electrons. The molecule has 82 valence electrons. The minimum Gasteiger partial charge on any atom is -0.258 e. The Bertz CT molecular complexity index is 505. The normalized spacial score (nSPS) is 16.3. The van der Waals surface area contributed by atoms with Crippen molar-refractivity contribution in [2.45, 2.75) is 18.4 Å². The second-order valence-electron chi connectivity index (χ2n) is 3.65. The van der Waals surface area contributed by atoms with Crippen molar-refractivity contribution >= 4 is 27.7 Å². The topological polar surface area (TPSA) is 72.6 Å². The largest absolute Gasteiger partial charge is 0.276 e. The molecule has 1 aliphatic carbocycles. The molecule has 1 aromatic carbocycles. The van der Waals surface area contributed by atoms with Crippen molar-refractivity contribution in [1.29, 1.82) is 0 Å². The first kappa shape index (κ1) is 11.0. The zero-order chi connectivity index (χ0) is 11.8. The number of aliphatic imine (C=N–C) groups is 1. The zero-order valence-electron chi connectivity index (χ0n) is 8.14. The molecular weight excluding hydrogens is 276 g/mol. The third kappa shape index (κ3) is 1.77. The first-order chi connectivity index (χ1) is 7.59. The van der Waals surface area contributed by atoms with Gasteiger partial charge in [-0.3, -0.25) is 10.1 Å². The van der Waals surface area contributed by atoms with Crippen molar-refractivity contribution in [3.63, 3.8) is 0 Å². The van der Waals surface area contributed by atoms with Crippen LogP contribution >= 0.6 is 15.9 Å². The highest BCUT2D eigenvalue weighted by Gasteiger charge is 2.48. The van der Waals surface area contributed by atoms with Crippen molar-refractivity contribution in [3.8, 4) is 0 Å². The number of isocyanates is 1. The van der Waals surface area contributed by atoms with Gasteiger partial charge in [-0.2, -0.15) is 4.99 Å². The maximum absolute atomic E-state index is 10.9. The second-order valence-corrected chi connectivity index (χ2v) is 4.57. The van der Waals surface area contributed by atoms with Crippen LogP contribution in [0.4, 0.5) is 5.69 Å². The predicted octanol–water partition coefficient (Wildman–Crippen LogP) is 2.68. The SMILES string of the molecule is O=C=NC1(c2ccc(Br)cc2[N+](=O)[O-])CC1. The van der Waals surface area contributed by atoms with Crippen molar-refractivity contribution in [2.75, 3.05) is 0 Å². The molecule has 0 saturated heterocycles. The summed E-state index contributed by atoms with van der Waals surface area (Å²) in [5.74, 6) is 0. The van der Waals surface area contributed by atoms with E-state index in [2.05, 4.69) is 20.9 Å². The van der Waals surface area contributed by atoms with Gasteiger partial charge in [0.1, 0.15) is 5.54 Å². The molecule has 1 aliphatic rings. The number of benzene rings is 1. The Kier molecular flexibility index (Phi) is 2.61. The maximum atomic E-state index is 10.9. The standard InChI is InChI=1S/C10H7BrN2O3/c11-7-1-2-8(9(5-7)13(15)16)10(3-4-10)12-6-14/h1-2,5H,3-4H2. The summed E-state index contributed by atoms with van der Waals surface area (Å²) in [5, 5.41) is 10.9. The van der Waals surface area contributed by atoms with Gasteiger partial charge >= 0.3 is 0 Å². The molecule has 0 spiro atoms. The van der Waals surface area contributed by atoms with Crippen molar-refractivity contribution in [1.82, 2.24) is 0 Å². The number of nitro groups is 1. The van der Waals surface area contributed by atoms with E-state index in [4.69, 9.17) is 0 Å². The van der Waals surface area contributed by atoms with Crippen LogP contribution in [0.15, 0.2) is 27.7 Å². The van der Waals surface area contributed by atoms with Crippen LogP contribution in [0, 0.1) is 10.1 Å². The second kappa shape index (κ2) is 3.81. The molecule has 0 N–H and O–H groups in total.